The molecule has 2 N–H and O–H groups in total. The quantitative estimate of drug-likeness (QED) is 0.203. The fourth-order valence-electron chi connectivity index (χ4n) is 4.48. The third-order valence-electron chi connectivity index (χ3n) is 6.59. The van der Waals surface area contributed by atoms with Crippen LogP contribution in [0.1, 0.15) is 130 Å². The summed E-state index contributed by atoms with van der Waals surface area (Å²) in [6.07, 6.45) is 21.9. The topological polar surface area (TPSA) is 29.3 Å². The highest BCUT2D eigenvalue weighted by Crippen LogP contribution is 2.17. The van der Waals surface area contributed by atoms with Gasteiger partial charge in [0.05, 0.1) is 0 Å². The molecule has 0 bridgehead atoms. The Morgan fingerprint density at radius 3 is 1.56 bits per heavy atom. The van der Waals surface area contributed by atoms with Crippen molar-refractivity contribution in [2.45, 2.75) is 136 Å². The number of unbranched alkanes of at least 4 members (excludes halogenated alkanes) is 12. The molecule has 0 heterocycles. The van der Waals surface area contributed by atoms with Gasteiger partial charge >= 0.3 is 0 Å². The second-order valence-electron chi connectivity index (χ2n) is 9.38. The molecule has 1 aromatic rings. The third kappa shape index (κ3) is 18.7. The molecular formula is C30H58N2. The lowest BCUT2D eigenvalue weighted by Crippen LogP contribution is -2.36. The van der Waals surface area contributed by atoms with Crippen molar-refractivity contribution in [3.05, 3.63) is 35.9 Å². The Morgan fingerprint density at radius 2 is 1.09 bits per heavy atom. The summed E-state index contributed by atoms with van der Waals surface area (Å²) >= 11 is 0. The lowest BCUT2D eigenvalue weighted by Gasteiger charge is -2.30. The van der Waals surface area contributed by atoms with Gasteiger partial charge in [-0.25, -0.2) is 0 Å². The maximum Gasteiger partial charge on any atom is 0.0135 e. The Balaban J connectivity index is 0.000000739. The number of hydrogen-bond donors (Lipinski definition) is 1. The van der Waals surface area contributed by atoms with Gasteiger partial charge in [-0.1, -0.05) is 141 Å². The highest BCUT2D eigenvalue weighted by Gasteiger charge is 2.15. The van der Waals surface area contributed by atoms with Gasteiger partial charge in [0.1, 0.15) is 0 Å². The van der Waals surface area contributed by atoms with Gasteiger partial charge in [0, 0.05) is 6.04 Å². The molecule has 0 saturated heterocycles. The van der Waals surface area contributed by atoms with Gasteiger partial charge in [0.15, 0.2) is 0 Å². The fraction of sp³-hybridized carbons (Fsp3) is 0.800. The van der Waals surface area contributed by atoms with Crippen molar-refractivity contribution in [2.75, 3.05) is 19.6 Å². The average Bonchev–Trinajstić information content (AvgIpc) is 2.82. The van der Waals surface area contributed by atoms with E-state index in [4.69, 9.17) is 5.73 Å². The molecule has 0 saturated carbocycles. The van der Waals surface area contributed by atoms with Gasteiger partial charge in [-0.05, 0) is 44.5 Å². The first-order valence-electron chi connectivity index (χ1n) is 14.2. The number of hydrogen-bond acceptors (Lipinski definition) is 2. The van der Waals surface area contributed by atoms with E-state index in [0.717, 1.165) is 6.54 Å². The zero-order chi connectivity index (χ0) is 23.7. The summed E-state index contributed by atoms with van der Waals surface area (Å²) < 4.78 is 0. The SMILES string of the molecule is CCCCCCCCC(Cc1ccccc1)N(CC)CC.CCCCCCCCCCN. The van der Waals surface area contributed by atoms with Gasteiger partial charge in [-0.3, -0.25) is 0 Å². The molecule has 0 fully saturated rings. The van der Waals surface area contributed by atoms with Crippen LogP contribution in [-0.2, 0) is 6.42 Å². The van der Waals surface area contributed by atoms with Crippen molar-refractivity contribution in [2.24, 2.45) is 5.73 Å². The zero-order valence-electron chi connectivity index (χ0n) is 22.4. The molecule has 32 heavy (non-hydrogen) atoms. The smallest absolute Gasteiger partial charge is 0.0135 e. The van der Waals surface area contributed by atoms with Gasteiger partial charge in [-0.15, -0.1) is 0 Å². The van der Waals surface area contributed by atoms with Crippen molar-refractivity contribution in [1.82, 2.24) is 4.90 Å². The molecule has 1 aromatic carbocycles. The summed E-state index contributed by atoms with van der Waals surface area (Å²) in [5, 5.41) is 0. The van der Waals surface area contributed by atoms with E-state index in [0.29, 0.717) is 6.04 Å². The van der Waals surface area contributed by atoms with Gasteiger partial charge in [0.25, 0.3) is 0 Å². The van der Waals surface area contributed by atoms with E-state index < -0.39 is 0 Å². The molecule has 1 unspecified atom stereocenters. The molecule has 0 aliphatic rings. The number of nitrogens with zero attached hydrogens (tertiary/aromatic N) is 1. The largest absolute Gasteiger partial charge is 0.330 e. The number of likely N-dealkylation sites (N-methyl/N-ethyl adjacent to an activating group) is 1. The van der Waals surface area contributed by atoms with E-state index in [1.807, 2.05) is 0 Å². The lowest BCUT2D eigenvalue weighted by atomic mass is 9.98. The van der Waals surface area contributed by atoms with Gasteiger partial charge in [-0.2, -0.15) is 0 Å². The van der Waals surface area contributed by atoms with E-state index >= 15 is 0 Å². The van der Waals surface area contributed by atoms with E-state index in [2.05, 4.69) is 62.9 Å². The maximum atomic E-state index is 5.39. The molecular weight excluding hydrogens is 388 g/mol. The van der Waals surface area contributed by atoms with E-state index in [9.17, 15) is 0 Å². The summed E-state index contributed by atoms with van der Waals surface area (Å²) in [6, 6.07) is 11.7. The van der Waals surface area contributed by atoms with Crippen LogP contribution in [-0.4, -0.2) is 30.6 Å². The predicted molar refractivity (Wildman–Crippen MR) is 147 cm³/mol. The number of rotatable bonds is 20. The van der Waals surface area contributed by atoms with Crippen LogP contribution in [0.25, 0.3) is 0 Å². The molecule has 188 valence electrons. The minimum absolute atomic E-state index is 0.716. The molecule has 2 nitrogen and oxygen atoms in total. The van der Waals surface area contributed by atoms with E-state index in [1.165, 1.54) is 121 Å². The van der Waals surface area contributed by atoms with E-state index in [-0.39, 0.29) is 0 Å². The fourth-order valence-corrected chi connectivity index (χ4v) is 4.48. The summed E-state index contributed by atoms with van der Waals surface area (Å²) in [6.45, 7) is 12.3. The molecule has 0 aliphatic heterocycles. The minimum atomic E-state index is 0.716. The lowest BCUT2D eigenvalue weighted by molar-refractivity contribution is 0.200. The average molecular weight is 447 g/mol. The van der Waals surface area contributed by atoms with Crippen molar-refractivity contribution < 1.29 is 0 Å². The Hall–Kier alpha value is -0.860. The second kappa shape index (κ2) is 24.8. The van der Waals surface area contributed by atoms with Crippen molar-refractivity contribution in [3.63, 3.8) is 0 Å². The molecule has 0 aromatic heterocycles. The van der Waals surface area contributed by atoms with Crippen molar-refractivity contribution in [1.29, 1.82) is 0 Å². The van der Waals surface area contributed by atoms with Crippen molar-refractivity contribution >= 4 is 0 Å². The first-order valence-corrected chi connectivity index (χ1v) is 14.2. The zero-order valence-corrected chi connectivity index (χ0v) is 22.4. The first kappa shape index (κ1) is 31.1. The molecule has 0 radical (unpaired) electrons. The Bertz CT molecular complexity index is 447. The van der Waals surface area contributed by atoms with Crippen LogP contribution in [0.2, 0.25) is 0 Å². The predicted octanol–water partition coefficient (Wildman–Crippen LogP) is 8.78. The van der Waals surface area contributed by atoms with Crippen LogP contribution in [0.15, 0.2) is 30.3 Å². The Labute approximate surface area is 202 Å². The van der Waals surface area contributed by atoms with Crippen LogP contribution in [0.4, 0.5) is 0 Å². The van der Waals surface area contributed by atoms with Crippen LogP contribution in [0, 0.1) is 0 Å². The minimum Gasteiger partial charge on any atom is -0.330 e. The maximum absolute atomic E-state index is 5.39. The molecule has 0 spiro atoms. The van der Waals surface area contributed by atoms with Crippen LogP contribution in [0.5, 0.6) is 0 Å². The Kier molecular flexibility index (Phi) is 24.1. The number of nitrogens with two attached hydrogens (primary N) is 1. The van der Waals surface area contributed by atoms with Gasteiger partial charge in [0.2, 0.25) is 0 Å². The first-order chi connectivity index (χ1) is 15.7. The molecule has 1 atom stereocenters. The van der Waals surface area contributed by atoms with Crippen LogP contribution in [0.3, 0.4) is 0 Å². The second-order valence-corrected chi connectivity index (χ2v) is 9.38. The summed E-state index contributed by atoms with van der Waals surface area (Å²) in [5.74, 6) is 0. The Morgan fingerprint density at radius 1 is 0.625 bits per heavy atom. The third-order valence-corrected chi connectivity index (χ3v) is 6.59. The molecule has 1 rings (SSSR count). The number of benzene rings is 1. The standard InChI is InChI=1S/C20H35N.C10H23N/c1-4-7-8-9-10-14-17-20(21(5-2)6-3)18-19-15-12-11-13-16-19;1-2-3-4-5-6-7-8-9-10-11/h11-13,15-16,20H,4-10,14,17-18H2,1-3H3;2-11H2,1H3. The van der Waals surface area contributed by atoms with Crippen LogP contribution < -0.4 is 5.73 Å². The summed E-state index contributed by atoms with van der Waals surface area (Å²) in [5.41, 5.74) is 6.88. The molecule has 2 heteroatoms. The normalized spacial score (nSPS) is 11.9. The molecule has 0 amide bonds. The molecule has 0 aliphatic carbocycles. The van der Waals surface area contributed by atoms with Crippen molar-refractivity contribution in [3.8, 4) is 0 Å². The van der Waals surface area contributed by atoms with Crippen LogP contribution >= 0.6 is 0 Å². The monoisotopic (exact) mass is 446 g/mol. The van der Waals surface area contributed by atoms with E-state index in [1.54, 1.807) is 0 Å². The summed E-state index contributed by atoms with van der Waals surface area (Å²) in [7, 11) is 0. The highest BCUT2D eigenvalue weighted by molar-refractivity contribution is 5.15. The highest BCUT2D eigenvalue weighted by atomic mass is 15.1. The van der Waals surface area contributed by atoms with Gasteiger partial charge < -0.3 is 10.6 Å². The summed E-state index contributed by atoms with van der Waals surface area (Å²) in [4.78, 5) is 2.64.